The van der Waals surface area contributed by atoms with Gasteiger partial charge < -0.3 is 11.1 Å². The number of hydrogen-bond donors (Lipinski definition) is 2. The van der Waals surface area contributed by atoms with Crippen LogP contribution in [0.2, 0.25) is 0 Å². The molecule has 3 heteroatoms. The van der Waals surface area contributed by atoms with E-state index in [1.54, 1.807) is 6.20 Å². The van der Waals surface area contributed by atoms with Crippen LogP contribution in [0.1, 0.15) is 11.1 Å². The van der Waals surface area contributed by atoms with Crippen molar-refractivity contribution in [2.75, 3.05) is 11.1 Å². The molecule has 0 aliphatic heterocycles. The molecule has 1 heterocycles. The van der Waals surface area contributed by atoms with Crippen LogP contribution in [-0.2, 0) is 6.54 Å². The van der Waals surface area contributed by atoms with Crippen LogP contribution in [0.4, 0.5) is 11.4 Å². The monoisotopic (exact) mass is 213 g/mol. The van der Waals surface area contributed by atoms with Crippen molar-refractivity contribution in [2.45, 2.75) is 13.5 Å². The molecule has 0 fully saturated rings. The van der Waals surface area contributed by atoms with Crippen LogP contribution < -0.4 is 11.1 Å². The minimum absolute atomic E-state index is 0.744. The molecule has 0 saturated carbocycles. The molecule has 3 N–H and O–H groups in total. The van der Waals surface area contributed by atoms with E-state index in [0.29, 0.717) is 0 Å². The predicted molar refractivity (Wildman–Crippen MR) is 67.2 cm³/mol. The van der Waals surface area contributed by atoms with E-state index in [2.05, 4.69) is 17.2 Å². The van der Waals surface area contributed by atoms with Gasteiger partial charge in [-0.1, -0.05) is 12.1 Å². The summed E-state index contributed by atoms with van der Waals surface area (Å²) in [6, 6.07) is 9.76. The van der Waals surface area contributed by atoms with E-state index in [9.17, 15) is 0 Å². The topological polar surface area (TPSA) is 50.9 Å². The molecule has 82 valence electrons. The number of benzene rings is 1. The first-order chi connectivity index (χ1) is 7.77. The summed E-state index contributed by atoms with van der Waals surface area (Å²) in [6.45, 7) is 2.82. The van der Waals surface area contributed by atoms with Crippen LogP contribution in [0, 0.1) is 6.92 Å². The number of aromatic nitrogens is 1. The highest BCUT2D eigenvalue weighted by Crippen LogP contribution is 2.18. The summed E-state index contributed by atoms with van der Waals surface area (Å²) < 4.78 is 0. The molecule has 0 saturated heterocycles. The summed E-state index contributed by atoms with van der Waals surface area (Å²) in [5.74, 6) is 0. The fourth-order valence-electron chi connectivity index (χ4n) is 1.53. The zero-order chi connectivity index (χ0) is 11.4. The first kappa shape index (κ1) is 10.5. The second kappa shape index (κ2) is 4.66. The average Bonchev–Trinajstić information content (AvgIpc) is 2.30. The number of para-hydroxylation sites is 2. The molecule has 0 aliphatic rings. The van der Waals surface area contributed by atoms with E-state index < -0.39 is 0 Å². The highest BCUT2D eigenvalue weighted by molar-refractivity contribution is 5.65. The number of hydrogen-bond acceptors (Lipinski definition) is 3. The molecule has 2 rings (SSSR count). The number of rotatable bonds is 3. The summed E-state index contributed by atoms with van der Waals surface area (Å²) in [6.07, 6.45) is 3.68. The first-order valence-corrected chi connectivity index (χ1v) is 5.25. The van der Waals surface area contributed by atoms with Gasteiger partial charge in [0.1, 0.15) is 0 Å². The zero-order valence-corrected chi connectivity index (χ0v) is 9.27. The largest absolute Gasteiger partial charge is 0.397 e. The zero-order valence-electron chi connectivity index (χ0n) is 9.27. The van der Waals surface area contributed by atoms with Gasteiger partial charge in [0, 0.05) is 18.9 Å². The van der Waals surface area contributed by atoms with Crippen LogP contribution in [0.3, 0.4) is 0 Å². The number of aryl methyl sites for hydroxylation is 1. The lowest BCUT2D eigenvalue weighted by Gasteiger charge is -2.10. The van der Waals surface area contributed by atoms with Crippen LogP contribution in [0.5, 0.6) is 0 Å². The smallest absolute Gasteiger partial charge is 0.0576 e. The summed E-state index contributed by atoms with van der Waals surface area (Å²) in [7, 11) is 0. The van der Waals surface area contributed by atoms with Crippen LogP contribution in [0.25, 0.3) is 0 Å². The average molecular weight is 213 g/mol. The molecule has 16 heavy (non-hydrogen) atoms. The summed E-state index contributed by atoms with van der Waals surface area (Å²) in [5.41, 5.74) is 10.00. The quantitative estimate of drug-likeness (QED) is 0.770. The number of pyridine rings is 1. The third kappa shape index (κ3) is 2.31. The lowest BCUT2D eigenvalue weighted by atomic mass is 10.1. The maximum atomic E-state index is 5.84. The van der Waals surface area contributed by atoms with Crippen molar-refractivity contribution < 1.29 is 0 Å². The van der Waals surface area contributed by atoms with Gasteiger partial charge in [0.05, 0.1) is 11.4 Å². The fraction of sp³-hybridized carbons (Fsp3) is 0.154. The minimum Gasteiger partial charge on any atom is -0.397 e. The molecule has 2 aromatic rings. The normalized spacial score (nSPS) is 10.1. The Hall–Kier alpha value is -2.03. The second-order valence-corrected chi connectivity index (χ2v) is 3.74. The Balaban J connectivity index is 2.09. The van der Waals surface area contributed by atoms with Gasteiger partial charge in [0.15, 0.2) is 0 Å². The number of nitrogens with zero attached hydrogens (tertiary/aromatic N) is 1. The van der Waals surface area contributed by atoms with E-state index >= 15 is 0 Å². The Labute approximate surface area is 95.3 Å². The lowest BCUT2D eigenvalue weighted by molar-refractivity contribution is 1.08. The fourth-order valence-corrected chi connectivity index (χ4v) is 1.53. The molecular weight excluding hydrogens is 198 g/mol. The van der Waals surface area contributed by atoms with Crippen molar-refractivity contribution in [3.63, 3.8) is 0 Å². The third-order valence-corrected chi connectivity index (χ3v) is 2.58. The summed E-state index contributed by atoms with van der Waals surface area (Å²) >= 11 is 0. The van der Waals surface area contributed by atoms with Crippen molar-refractivity contribution in [3.05, 3.63) is 53.9 Å². The van der Waals surface area contributed by atoms with Gasteiger partial charge in [0.2, 0.25) is 0 Å². The minimum atomic E-state index is 0.744. The van der Waals surface area contributed by atoms with Crippen LogP contribution in [-0.4, -0.2) is 4.98 Å². The van der Waals surface area contributed by atoms with E-state index in [0.717, 1.165) is 17.9 Å². The van der Waals surface area contributed by atoms with Crippen LogP contribution in [0.15, 0.2) is 42.7 Å². The second-order valence-electron chi connectivity index (χ2n) is 3.74. The van der Waals surface area contributed by atoms with Crippen LogP contribution >= 0.6 is 0 Å². The maximum Gasteiger partial charge on any atom is 0.0576 e. The molecule has 0 spiro atoms. The predicted octanol–water partition coefficient (Wildman–Crippen LogP) is 2.58. The molecule has 0 aliphatic carbocycles. The van der Waals surface area contributed by atoms with E-state index in [1.165, 1.54) is 11.1 Å². The number of anilines is 2. The van der Waals surface area contributed by atoms with Gasteiger partial charge in [-0.15, -0.1) is 0 Å². The Morgan fingerprint density at radius 3 is 2.81 bits per heavy atom. The van der Waals surface area contributed by atoms with E-state index in [4.69, 9.17) is 5.73 Å². The molecule has 3 nitrogen and oxygen atoms in total. The highest BCUT2D eigenvalue weighted by atomic mass is 14.9. The SMILES string of the molecule is Cc1ccncc1CNc1ccccc1N. The van der Waals surface area contributed by atoms with Gasteiger partial charge in [0.25, 0.3) is 0 Å². The van der Waals surface area contributed by atoms with Crippen molar-refractivity contribution in [1.82, 2.24) is 4.98 Å². The molecule has 0 radical (unpaired) electrons. The lowest BCUT2D eigenvalue weighted by Crippen LogP contribution is -2.03. The Kier molecular flexibility index (Phi) is 3.05. The van der Waals surface area contributed by atoms with E-state index in [1.807, 2.05) is 36.5 Å². The van der Waals surface area contributed by atoms with Crippen molar-refractivity contribution in [3.8, 4) is 0 Å². The van der Waals surface area contributed by atoms with Crippen molar-refractivity contribution in [2.24, 2.45) is 0 Å². The van der Waals surface area contributed by atoms with Gasteiger partial charge in [-0.25, -0.2) is 0 Å². The Bertz CT molecular complexity index is 435. The molecule has 0 unspecified atom stereocenters. The Morgan fingerprint density at radius 1 is 1.25 bits per heavy atom. The molecular formula is C13H15N3. The van der Waals surface area contributed by atoms with Gasteiger partial charge >= 0.3 is 0 Å². The van der Waals surface area contributed by atoms with Crippen molar-refractivity contribution in [1.29, 1.82) is 0 Å². The van der Waals surface area contributed by atoms with Crippen molar-refractivity contribution >= 4 is 11.4 Å². The molecule has 0 amide bonds. The third-order valence-electron chi connectivity index (χ3n) is 2.58. The maximum absolute atomic E-state index is 5.84. The number of nitrogen functional groups attached to an aromatic ring is 1. The standard InChI is InChI=1S/C13H15N3/c1-10-6-7-15-8-11(10)9-16-13-5-3-2-4-12(13)14/h2-8,16H,9,14H2,1H3. The van der Waals surface area contributed by atoms with Gasteiger partial charge in [-0.2, -0.15) is 0 Å². The van der Waals surface area contributed by atoms with Gasteiger partial charge in [-0.05, 0) is 36.2 Å². The van der Waals surface area contributed by atoms with E-state index in [-0.39, 0.29) is 0 Å². The highest BCUT2D eigenvalue weighted by Gasteiger charge is 1.99. The molecule has 0 atom stereocenters. The molecule has 1 aromatic carbocycles. The first-order valence-electron chi connectivity index (χ1n) is 5.25. The molecule has 0 bridgehead atoms. The summed E-state index contributed by atoms with van der Waals surface area (Å²) in [5, 5.41) is 3.31. The summed E-state index contributed by atoms with van der Waals surface area (Å²) in [4.78, 5) is 4.11. The number of nitrogens with two attached hydrogens (primary N) is 1. The molecule has 1 aromatic heterocycles. The number of nitrogens with one attached hydrogen (secondary N) is 1. The Morgan fingerprint density at radius 2 is 2.06 bits per heavy atom. The van der Waals surface area contributed by atoms with Gasteiger partial charge in [-0.3, -0.25) is 4.98 Å².